The van der Waals surface area contributed by atoms with Crippen molar-refractivity contribution in [1.29, 1.82) is 0 Å². The first-order chi connectivity index (χ1) is 7.18. The molecule has 76 valence electrons. The Labute approximate surface area is 87.6 Å². The molecule has 0 aromatic carbocycles. The monoisotopic (exact) mass is 201 g/mol. The molecule has 15 heavy (non-hydrogen) atoms. The Kier molecular flexibility index (Phi) is 2.33. The topological polar surface area (TPSA) is 47.8 Å². The molecule has 0 unspecified atom stereocenters. The van der Waals surface area contributed by atoms with Crippen LogP contribution in [0, 0.1) is 6.92 Å². The lowest BCUT2D eigenvalue weighted by molar-refractivity contribution is 0.101. The molecule has 0 saturated carbocycles. The summed E-state index contributed by atoms with van der Waals surface area (Å²) in [5.74, 6) is -0.000506. The average molecular weight is 201 g/mol. The van der Waals surface area contributed by atoms with Crippen molar-refractivity contribution in [2.24, 2.45) is 0 Å². The van der Waals surface area contributed by atoms with Crippen molar-refractivity contribution >= 4 is 5.78 Å². The van der Waals surface area contributed by atoms with Gasteiger partial charge in [-0.15, -0.1) is 0 Å². The largest absolute Gasteiger partial charge is 0.293 e. The maximum atomic E-state index is 11.4. The van der Waals surface area contributed by atoms with E-state index in [0.717, 1.165) is 11.4 Å². The zero-order chi connectivity index (χ0) is 10.8. The number of aromatic nitrogens is 3. The van der Waals surface area contributed by atoms with Gasteiger partial charge in [-0.05, 0) is 25.1 Å². The van der Waals surface area contributed by atoms with Crippen molar-refractivity contribution in [2.75, 3.05) is 0 Å². The van der Waals surface area contributed by atoms with Gasteiger partial charge in [-0.1, -0.05) is 0 Å². The fourth-order valence-electron chi connectivity index (χ4n) is 1.43. The van der Waals surface area contributed by atoms with E-state index in [1.54, 1.807) is 23.1 Å². The Morgan fingerprint density at radius 2 is 2.27 bits per heavy atom. The highest BCUT2D eigenvalue weighted by molar-refractivity contribution is 5.93. The van der Waals surface area contributed by atoms with Crippen LogP contribution in [0.3, 0.4) is 0 Å². The molecule has 0 atom stereocenters. The smallest absolute Gasteiger partial charge is 0.178 e. The summed E-state index contributed by atoms with van der Waals surface area (Å²) < 4.78 is 1.62. The number of rotatable bonds is 2. The molecule has 2 heterocycles. The lowest BCUT2D eigenvalue weighted by Crippen LogP contribution is -2.05. The van der Waals surface area contributed by atoms with Crippen molar-refractivity contribution < 1.29 is 4.79 Å². The zero-order valence-corrected chi connectivity index (χ0v) is 8.64. The van der Waals surface area contributed by atoms with Crippen LogP contribution in [0.2, 0.25) is 0 Å². The standard InChI is InChI=1S/C11H11N3O/c1-8-6-11(9(2)15)14(13-8)10-4-3-5-12-7-10/h3-7H,1-2H3. The average Bonchev–Trinajstić information content (AvgIpc) is 2.62. The van der Waals surface area contributed by atoms with Crippen LogP contribution < -0.4 is 0 Å². The first-order valence-corrected chi connectivity index (χ1v) is 4.66. The van der Waals surface area contributed by atoms with E-state index in [2.05, 4.69) is 10.1 Å². The van der Waals surface area contributed by atoms with Gasteiger partial charge in [-0.3, -0.25) is 9.78 Å². The highest BCUT2D eigenvalue weighted by Gasteiger charge is 2.10. The summed E-state index contributed by atoms with van der Waals surface area (Å²) in [6.45, 7) is 3.39. The van der Waals surface area contributed by atoms with Crippen molar-refractivity contribution in [3.8, 4) is 5.69 Å². The SMILES string of the molecule is CC(=O)c1cc(C)nn1-c1cccnc1. The quantitative estimate of drug-likeness (QED) is 0.696. The molecule has 0 aliphatic heterocycles. The number of aryl methyl sites for hydroxylation is 1. The Hall–Kier alpha value is -1.97. The van der Waals surface area contributed by atoms with Crippen molar-refractivity contribution in [2.45, 2.75) is 13.8 Å². The van der Waals surface area contributed by atoms with Gasteiger partial charge in [0.05, 0.1) is 17.6 Å². The number of ketones is 1. The molecule has 4 heteroatoms. The minimum absolute atomic E-state index is 0.000506. The molecular formula is C11H11N3O. The third-order valence-electron chi connectivity index (χ3n) is 2.08. The van der Waals surface area contributed by atoms with Crippen LogP contribution in [0.15, 0.2) is 30.6 Å². The molecule has 0 N–H and O–H groups in total. The Bertz CT molecular complexity index is 488. The minimum atomic E-state index is -0.000506. The number of hydrogen-bond donors (Lipinski definition) is 0. The molecule has 4 nitrogen and oxygen atoms in total. The van der Waals surface area contributed by atoms with Gasteiger partial charge < -0.3 is 0 Å². The Morgan fingerprint density at radius 1 is 1.47 bits per heavy atom. The van der Waals surface area contributed by atoms with Crippen molar-refractivity contribution in [1.82, 2.24) is 14.8 Å². The van der Waals surface area contributed by atoms with E-state index < -0.39 is 0 Å². The molecule has 0 fully saturated rings. The van der Waals surface area contributed by atoms with Gasteiger partial charge in [0.1, 0.15) is 5.69 Å². The first kappa shape index (κ1) is 9.58. The molecule has 0 bridgehead atoms. The normalized spacial score (nSPS) is 10.3. The van der Waals surface area contributed by atoms with Gasteiger partial charge in [-0.2, -0.15) is 5.10 Å². The van der Waals surface area contributed by atoms with Gasteiger partial charge in [0.25, 0.3) is 0 Å². The molecule has 2 aromatic rings. The van der Waals surface area contributed by atoms with Crippen molar-refractivity contribution in [3.63, 3.8) is 0 Å². The zero-order valence-electron chi connectivity index (χ0n) is 8.64. The highest BCUT2D eigenvalue weighted by atomic mass is 16.1. The summed E-state index contributed by atoms with van der Waals surface area (Å²) in [5.41, 5.74) is 2.21. The Balaban J connectivity index is 2.58. The number of hydrogen-bond acceptors (Lipinski definition) is 3. The second-order valence-electron chi connectivity index (χ2n) is 3.35. The lowest BCUT2D eigenvalue weighted by atomic mass is 10.3. The maximum Gasteiger partial charge on any atom is 0.178 e. The molecule has 2 rings (SSSR count). The van der Waals surface area contributed by atoms with E-state index in [4.69, 9.17) is 0 Å². The number of Topliss-reactive ketones (excluding diaryl/α,β-unsaturated/α-hetero) is 1. The fraction of sp³-hybridized carbons (Fsp3) is 0.182. The van der Waals surface area contributed by atoms with Gasteiger partial charge in [0.15, 0.2) is 5.78 Å². The summed E-state index contributed by atoms with van der Waals surface area (Å²) >= 11 is 0. The number of nitrogens with zero attached hydrogens (tertiary/aromatic N) is 3. The molecule has 0 aliphatic carbocycles. The second-order valence-corrected chi connectivity index (χ2v) is 3.35. The van der Waals surface area contributed by atoms with Crippen LogP contribution in [0.1, 0.15) is 23.1 Å². The van der Waals surface area contributed by atoms with Crippen LogP contribution in [-0.2, 0) is 0 Å². The molecular weight excluding hydrogens is 190 g/mol. The van der Waals surface area contributed by atoms with Crippen LogP contribution in [-0.4, -0.2) is 20.5 Å². The van der Waals surface area contributed by atoms with Crippen LogP contribution in [0.4, 0.5) is 0 Å². The molecule has 0 saturated heterocycles. The maximum absolute atomic E-state index is 11.4. The Morgan fingerprint density at radius 3 is 2.87 bits per heavy atom. The van der Waals surface area contributed by atoms with Crippen LogP contribution >= 0.6 is 0 Å². The number of carbonyl (C=O) groups is 1. The van der Waals surface area contributed by atoms with Gasteiger partial charge in [0.2, 0.25) is 0 Å². The fourth-order valence-corrected chi connectivity index (χ4v) is 1.43. The molecule has 0 amide bonds. The minimum Gasteiger partial charge on any atom is -0.293 e. The third kappa shape index (κ3) is 1.79. The first-order valence-electron chi connectivity index (χ1n) is 4.66. The second kappa shape index (κ2) is 3.65. The molecule has 0 spiro atoms. The summed E-state index contributed by atoms with van der Waals surface area (Å²) in [5, 5.41) is 4.26. The van der Waals surface area contributed by atoms with Gasteiger partial charge in [-0.25, -0.2) is 4.68 Å². The van der Waals surface area contributed by atoms with E-state index >= 15 is 0 Å². The predicted molar refractivity (Wildman–Crippen MR) is 56.1 cm³/mol. The van der Waals surface area contributed by atoms with Crippen LogP contribution in [0.25, 0.3) is 5.69 Å². The summed E-state index contributed by atoms with van der Waals surface area (Å²) in [7, 11) is 0. The van der Waals surface area contributed by atoms with E-state index in [0.29, 0.717) is 5.69 Å². The van der Waals surface area contributed by atoms with E-state index in [1.165, 1.54) is 6.92 Å². The van der Waals surface area contributed by atoms with E-state index in [-0.39, 0.29) is 5.78 Å². The lowest BCUT2D eigenvalue weighted by Gasteiger charge is -2.03. The molecule has 0 aliphatic rings. The predicted octanol–water partition coefficient (Wildman–Crippen LogP) is 1.78. The van der Waals surface area contributed by atoms with E-state index in [1.807, 2.05) is 19.1 Å². The van der Waals surface area contributed by atoms with Crippen molar-refractivity contribution in [3.05, 3.63) is 42.0 Å². The van der Waals surface area contributed by atoms with Gasteiger partial charge >= 0.3 is 0 Å². The molecule has 2 aromatic heterocycles. The third-order valence-corrected chi connectivity index (χ3v) is 2.08. The summed E-state index contributed by atoms with van der Waals surface area (Å²) in [6, 6.07) is 5.46. The van der Waals surface area contributed by atoms with E-state index in [9.17, 15) is 4.79 Å². The number of pyridine rings is 1. The summed E-state index contributed by atoms with van der Waals surface area (Å²) in [4.78, 5) is 15.4. The van der Waals surface area contributed by atoms with Gasteiger partial charge in [0, 0.05) is 13.1 Å². The molecule has 0 radical (unpaired) electrons. The number of carbonyl (C=O) groups excluding carboxylic acids is 1. The van der Waals surface area contributed by atoms with Crippen LogP contribution in [0.5, 0.6) is 0 Å². The highest BCUT2D eigenvalue weighted by Crippen LogP contribution is 2.11. The summed E-state index contributed by atoms with van der Waals surface area (Å²) in [6.07, 6.45) is 3.37.